The van der Waals surface area contributed by atoms with Gasteiger partial charge >= 0.3 is 5.97 Å². The molecular weight excluding hydrogens is 320 g/mol. The van der Waals surface area contributed by atoms with Gasteiger partial charge in [0.15, 0.2) is 0 Å². The zero-order valence-corrected chi connectivity index (χ0v) is 15.1. The van der Waals surface area contributed by atoms with E-state index in [4.69, 9.17) is 9.84 Å². The Kier molecular flexibility index (Phi) is 7.25. The molecule has 1 fully saturated rings. The highest BCUT2D eigenvalue weighted by molar-refractivity contribution is 5.78. The van der Waals surface area contributed by atoms with Crippen LogP contribution < -0.4 is 4.74 Å². The molecule has 6 nitrogen and oxygen atoms in total. The summed E-state index contributed by atoms with van der Waals surface area (Å²) in [7, 11) is 3.45. The van der Waals surface area contributed by atoms with Gasteiger partial charge in [-0.05, 0) is 56.0 Å². The smallest absolute Gasteiger partial charge is 0.303 e. The molecule has 0 aromatic heterocycles. The van der Waals surface area contributed by atoms with Crippen molar-refractivity contribution < 1.29 is 19.4 Å². The van der Waals surface area contributed by atoms with Crippen molar-refractivity contribution in [1.82, 2.24) is 9.80 Å². The van der Waals surface area contributed by atoms with Crippen LogP contribution in [-0.4, -0.2) is 60.6 Å². The fraction of sp³-hybridized carbons (Fsp3) is 0.579. The highest BCUT2D eigenvalue weighted by Gasteiger charge is 2.21. The van der Waals surface area contributed by atoms with E-state index in [1.54, 1.807) is 12.0 Å². The van der Waals surface area contributed by atoms with Crippen LogP contribution >= 0.6 is 0 Å². The van der Waals surface area contributed by atoms with Gasteiger partial charge in [0, 0.05) is 20.0 Å². The first kappa shape index (κ1) is 19.2. The Morgan fingerprint density at radius 1 is 1.24 bits per heavy atom. The van der Waals surface area contributed by atoms with Crippen molar-refractivity contribution in [2.75, 3.05) is 33.8 Å². The fourth-order valence-corrected chi connectivity index (χ4v) is 3.24. The summed E-state index contributed by atoms with van der Waals surface area (Å²) in [5, 5.41) is 8.93. The summed E-state index contributed by atoms with van der Waals surface area (Å²) in [6.07, 6.45) is 2.97. The minimum absolute atomic E-state index is 0.0903. The third-order valence-electron chi connectivity index (χ3n) is 4.77. The summed E-state index contributed by atoms with van der Waals surface area (Å²) in [6.45, 7) is 2.61. The molecule has 1 aliphatic heterocycles. The Hall–Kier alpha value is -2.08. The van der Waals surface area contributed by atoms with Gasteiger partial charge < -0.3 is 14.7 Å². The van der Waals surface area contributed by atoms with E-state index in [1.165, 1.54) is 0 Å². The molecule has 0 saturated carbocycles. The van der Waals surface area contributed by atoms with Crippen LogP contribution in [0.1, 0.15) is 31.2 Å². The molecule has 25 heavy (non-hydrogen) atoms. The van der Waals surface area contributed by atoms with Crippen molar-refractivity contribution in [1.29, 1.82) is 0 Å². The third kappa shape index (κ3) is 6.38. The lowest BCUT2D eigenvalue weighted by molar-refractivity contribution is -0.138. The van der Waals surface area contributed by atoms with Crippen molar-refractivity contribution in [2.45, 2.75) is 32.2 Å². The van der Waals surface area contributed by atoms with Gasteiger partial charge in [-0.15, -0.1) is 0 Å². The van der Waals surface area contributed by atoms with Crippen LogP contribution in [0.25, 0.3) is 0 Å². The van der Waals surface area contributed by atoms with E-state index < -0.39 is 5.97 Å². The number of ether oxygens (including phenoxy) is 1. The molecule has 1 aromatic carbocycles. The fourth-order valence-electron chi connectivity index (χ4n) is 3.24. The second-order valence-electron chi connectivity index (χ2n) is 6.77. The van der Waals surface area contributed by atoms with Crippen LogP contribution in [0.2, 0.25) is 0 Å². The topological polar surface area (TPSA) is 70.1 Å². The van der Waals surface area contributed by atoms with Crippen LogP contribution in [0.5, 0.6) is 5.75 Å². The molecule has 1 amide bonds. The number of likely N-dealkylation sites (N-methyl/N-ethyl adjacent to an activating group) is 1. The number of carbonyl (C=O) groups excluding carboxylic acids is 1. The van der Waals surface area contributed by atoms with Crippen LogP contribution in [0, 0.1) is 5.92 Å². The van der Waals surface area contributed by atoms with Gasteiger partial charge in [-0.1, -0.05) is 12.1 Å². The molecule has 6 heteroatoms. The van der Waals surface area contributed by atoms with E-state index in [9.17, 15) is 9.59 Å². The molecule has 0 radical (unpaired) electrons. The molecule has 1 atom stereocenters. The first-order chi connectivity index (χ1) is 12.0. The minimum Gasteiger partial charge on any atom is -0.497 e. The molecular formula is C19H28N2O4. The SMILES string of the molecule is COc1ccc(CN(C)C(=O)CN2CCC[C@H](CC(=O)O)CC2)cc1. The summed E-state index contributed by atoms with van der Waals surface area (Å²) < 4.78 is 5.14. The Balaban J connectivity index is 1.80. The lowest BCUT2D eigenvalue weighted by Crippen LogP contribution is -2.38. The average Bonchev–Trinajstić information content (AvgIpc) is 2.80. The molecule has 2 rings (SSSR count). The molecule has 1 saturated heterocycles. The van der Waals surface area contributed by atoms with Gasteiger partial charge in [0.05, 0.1) is 13.7 Å². The number of aliphatic carboxylic acids is 1. The lowest BCUT2D eigenvalue weighted by atomic mass is 9.97. The van der Waals surface area contributed by atoms with Gasteiger partial charge in [0.25, 0.3) is 0 Å². The van der Waals surface area contributed by atoms with E-state index in [0.29, 0.717) is 13.1 Å². The number of hydrogen-bond acceptors (Lipinski definition) is 4. The van der Waals surface area contributed by atoms with Crippen LogP contribution in [0.3, 0.4) is 0 Å². The lowest BCUT2D eigenvalue weighted by Gasteiger charge is -2.24. The summed E-state index contributed by atoms with van der Waals surface area (Å²) >= 11 is 0. The molecule has 1 aliphatic rings. The highest BCUT2D eigenvalue weighted by Crippen LogP contribution is 2.20. The van der Waals surface area contributed by atoms with Crippen molar-refractivity contribution in [3.8, 4) is 5.75 Å². The second kappa shape index (κ2) is 9.42. The number of likely N-dealkylation sites (tertiary alicyclic amines) is 1. The Bertz CT molecular complexity index is 573. The summed E-state index contributed by atoms with van der Waals surface area (Å²) in [6, 6.07) is 7.71. The molecule has 1 aromatic rings. The summed E-state index contributed by atoms with van der Waals surface area (Å²) in [5.74, 6) is 0.397. The number of methoxy groups -OCH3 is 1. The molecule has 0 aliphatic carbocycles. The number of carboxylic acid groups (broad SMARTS) is 1. The Morgan fingerprint density at radius 2 is 1.96 bits per heavy atom. The zero-order chi connectivity index (χ0) is 18.2. The van der Waals surface area contributed by atoms with Crippen molar-refractivity contribution >= 4 is 11.9 Å². The molecule has 1 heterocycles. The summed E-state index contributed by atoms with van der Waals surface area (Å²) in [5.41, 5.74) is 1.06. The van der Waals surface area contributed by atoms with Gasteiger partial charge in [-0.3, -0.25) is 14.5 Å². The molecule has 0 unspecified atom stereocenters. The van der Waals surface area contributed by atoms with E-state index in [-0.39, 0.29) is 18.2 Å². The number of hydrogen-bond donors (Lipinski definition) is 1. The van der Waals surface area contributed by atoms with Gasteiger partial charge in [0.2, 0.25) is 5.91 Å². The molecule has 0 bridgehead atoms. The number of carboxylic acids is 1. The van der Waals surface area contributed by atoms with Crippen molar-refractivity contribution in [2.24, 2.45) is 5.92 Å². The third-order valence-corrected chi connectivity index (χ3v) is 4.77. The molecule has 1 N–H and O–H groups in total. The minimum atomic E-state index is -0.728. The van der Waals surface area contributed by atoms with Crippen LogP contribution in [-0.2, 0) is 16.1 Å². The van der Waals surface area contributed by atoms with Crippen LogP contribution in [0.15, 0.2) is 24.3 Å². The standard InChI is InChI=1S/C19H28N2O4/c1-20(13-16-5-7-17(25-2)8-6-16)18(22)14-21-10-3-4-15(9-11-21)12-19(23)24/h5-8,15H,3-4,9-14H2,1-2H3,(H,23,24)/t15-/m0/s1. The Labute approximate surface area is 149 Å². The largest absolute Gasteiger partial charge is 0.497 e. The maximum absolute atomic E-state index is 12.5. The maximum atomic E-state index is 12.5. The quantitative estimate of drug-likeness (QED) is 0.818. The number of nitrogens with zero attached hydrogens (tertiary/aromatic N) is 2. The monoisotopic (exact) mass is 348 g/mol. The average molecular weight is 348 g/mol. The number of benzene rings is 1. The van der Waals surface area contributed by atoms with Crippen LogP contribution in [0.4, 0.5) is 0 Å². The van der Waals surface area contributed by atoms with Gasteiger partial charge in [0.1, 0.15) is 5.75 Å². The van der Waals surface area contributed by atoms with Gasteiger partial charge in [-0.2, -0.15) is 0 Å². The van der Waals surface area contributed by atoms with E-state index in [0.717, 1.165) is 43.7 Å². The number of rotatable bonds is 7. The van der Waals surface area contributed by atoms with Crippen molar-refractivity contribution in [3.05, 3.63) is 29.8 Å². The normalized spacial score (nSPS) is 18.4. The second-order valence-corrected chi connectivity index (χ2v) is 6.77. The molecule has 0 spiro atoms. The maximum Gasteiger partial charge on any atom is 0.303 e. The molecule has 138 valence electrons. The first-order valence-corrected chi connectivity index (χ1v) is 8.79. The van der Waals surface area contributed by atoms with E-state index in [2.05, 4.69) is 4.90 Å². The number of carbonyl (C=O) groups is 2. The number of amides is 1. The highest BCUT2D eigenvalue weighted by atomic mass is 16.5. The predicted octanol–water partition coefficient (Wildman–Crippen LogP) is 2.23. The van der Waals surface area contributed by atoms with E-state index >= 15 is 0 Å². The van der Waals surface area contributed by atoms with Gasteiger partial charge in [-0.25, -0.2) is 0 Å². The predicted molar refractivity (Wildman–Crippen MR) is 95.5 cm³/mol. The zero-order valence-electron chi connectivity index (χ0n) is 15.1. The summed E-state index contributed by atoms with van der Waals surface area (Å²) in [4.78, 5) is 27.2. The Morgan fingerprint density at radius 3 is 2.60 bits per heavy atom. The first-order valence-electron chi connectivity index (χ1n) is 8.79. The van der Waals surface area contributed by atoms with Crippen molar-refractivity contribution in [3.63, 3.8) is 0 Å². The van der Waals surface area contributed by atoms with E-state index in [1.807, 2.05) is 31.3 Å².